The Bertz CT molecular complexity index is 2970. The summed E-state index contributed by atoms with van der Waals surface area (Å²) in [5.41, 5.74) is 11.2. The number of methoxy groups -OCH3 is 2. The summed E-state index contributed by atoms with van der Waals surface area (Å²) in [5.74, 6) is 1.21. The zero-order valence-electron chi connectivity index (χ0n) is 51.7. The van der Waals surface area contributed by atoms with Gasteiger partial charge in [0.05, 0.1) is 24.0 Å². The number of hydrogen-bond donors (Lipinski definition) is 1. The van der Waals surface area contributed by atoms with Crippen LogP contribution < -0.4 is 25.0 Å². The summed E-state index contributed by atoms with van der Waals surface area (Å²) in [4.78, 5) is 55.9. The van der Waals surface area contributed by atoms with E-state index < -0.39 is 31.2 Å². The van der Waals surface area contributed by atoms with Gasteiger partial charge >= 0.3 is 12.2 Å². The summed E-state index contributed by atoms with van der Waals surface area (Å²) < 4.78 is 79.7. The third kappa shape index (κ3) is 20.3. The number of anilines is 3. The van der Waals surface area contributed by atoms with E-state index in [0.29, 0.717) is 40.2 Å². The van der Waals surface area contributed by atoms with Crippen LogP contribution in [0.25, 0.3) is 0 Å². The van der Waals surface area contributed by atoms with Gasteiger partial charge < -0.3 is 49.0 Å². The minimum absolute atomic E-state index is 0.0195. The molecule has 2 aliphatic rings. The van der Waals surface area contributed by atoms with Crippen LogP contribution in [0.5, 0.6) is 11.5 Å². The molecule has 22 heteroatoms. The Hall–Kier alpha value is -6.62. The normalized spacial score (nSPS) is 14.4. The van der Waals surface area contributed by atoms with Crippen LogP contribution in [0, 0.1) is 27.7 Å². The molecule has 0 spiro atoms. The Labute approximate surface area is 494 Å². The summed E-state index contributed by atoms with van der Waals surface area (Å²) in [7, 11) is 2.30. The van der Waals surface area contributed by atoms with Gasteiger partial charge in [-0.3, -0.25) is 9.59 Å². The Kier molecular flexibility index (Phi) is 25.1. The molecule has 4 aromatic rings. The second kappa shape index (κ2) is 30.3. The lowest BCUT2D eigenvalue weighted by Crippen LogP contribution is -2.47. The number of carbonyl (C=O) groups is 4. The number of aryl methyl sites for hydroxylation is 4. The molecule has 6 rings (SSSR count). The first-order chi connectivity index (χ1) is 38.7. The topological polar surface area (TPSA) is 228 Å². The molecule has 2 heterocycles. The van der Waals surface area contributed by atoms with Crippen molar-refractivity contribution in [1.29, 1.82) is 0 Å². The molecule has 2 N–H and O–H groups in total. The highest BCUT2D eigenvalue weighted by Gasteiger charge is 2.32. The zero-order valence-corrected chi connectivity index (χ0v) is 53.4. The lowest BCUT2D eigenvalue weighted by atomic mass is 10.0. The Morgan fingerprint density at radius 1 is 0.590 bits per heavy atom. The molecule has 0 aliphatic carbocycles. The first kappa shape index (κ1) is 68.9. The number of amides is 2. The van der Waals surface area contributed by atoms with Crippen molar-refractivity contribution in [3.8, 4) is 11.5 Å². The van der Waals surface area contributed by atoms with E-state index >= 15 is 0 Å². The van der Waals surface area contributed by atoms with Crippen LogP contribution in [0.2, 0.25) is 0 Å². The summed E-state index contributed by atoms with van der Waals surface area (Å²) in [5, 5.41) is 0. The van der Waals surface area contributed by atoms with Gasteiger partial charge in [-0.15, -0.1) is 0 Å². The molecule has 0 bridgehead atoms. The molecular weight excluding hydrogens is 1100 g/mol. The van der Waals surface area contributed by atoms with Crippen molar-refractivity contribution in [2.75, 3.05) is 104 Å². The van der Waals surface area contributed by atoms with E-state index in [1.165, 1.54) is 31.2 Å². The molecule has 0 radical (unpaired) electrons. The van der Waals surface area contributed by atoms with Gasteiger partial charge in [0.25, 0.3) is 6.47 Å². The SMILES string of the molecule is CN(C(=O)OC(C)(C)C)C1CCN(c2ccc(N)cc2)CC1.COc1cc(C)c(S(=O)(=O)N(C)CCC(=O)Cc2ccc(N3CCC(N(C)C(=O)OC(C)(C)C)CC3)cc2)c(C)c1.COc1cc(C)c(S(=O)(=O)N(C)CCOC=O)c(C)c1. The van der Waals surface area contributed by atoms with Gasteiger partial charge in [-0.1, -0.05) is 12.1 Å². The van der Waals surface area contributed by atoms with E-state index in [-0.39, 0.29) is 72.4 Å². The summed E-state index contributed by atoms with van der Waals surface area (Å²) in [6.45, 7) is 22.3. The Balaban J connectivity index is 0.000000296. The smallest absolute Gasteiger partial charge is 0.410 e. The quantitative estimate of drug-likeness (QED) is 0.0399. The van der Waals surface area contributed by atoms with Crippen molar-refractivity contribution in [3.63, 3.8) is 0 Å². The maximum atomic E-state index is 13.2. The molecular formula is C61H91N7O13S2. The first-order valence-corrected chi connectivity index (χ1v) is 30.8. The number of likely N-dealkylation sites (N-methyl/N-ethyl adjacent to an activating group) is 1. The van der Waals surface area contributed by atoms with Gasteiger partial charge in [0.15, 0.2) is 0 Å². The number of nitrogens with zero attached hydrogens (tertiary/aromatic N) is 6. The van der Waals surface area contributed by atoms with Crippen LogP contribution in [0.3, 0.4) is 0 Å². The fourth-order valence-electron chi connectivity index (χ4n) is 9.75. The van der Waals surface area contributed by atoms with E-state index in [0.717, 1.165) is 73.1 Å². The van der Waals surface area contributed by atoms with Gasteiger partial charge in [-0.25, -0.2) is 30.7 Å². The highest BCUT2D eigenvalue weighted by atomic mass is 32.2. The van der Waals surface area contributed by atoms with E-state index in [1.807, 2.05) is 97.1 Å². The molecule has 2 amide bonds. The zero-order chi connectivity index (χ0) is 62.2. The monoisotopic (exact) mass is 1190 g/mol. The average molecular weight is 1190 g/mol. The average Bonchev–Trinajstić information content (AvgIpc) is 3.55. The van der Waals surface area contributed by atoms with Crippen molar-refractivity contribution in [3.05, 3.63) is 101 Å². The third-order valence-electron chi connectivity index (χ3n) is 14.3. The number of sulfonamides is 2. The lowest BCUT2D eigenvalue weighted by Gasteiger charge is -2.38. The van der Waals surface area contributed by atoms with Crippen LogP contribution in [0.4, 0.5) is 26.7 Å². The second-order valence-corrected chi connectivity index (χ2v) is 27.1. The molecule has 0 unspecified atom stereocenters. The summed E-state index contributed by atoms with van der Waals surface area (Å²) >= 11 is 0. The summed E-state index contributed by atoms with van der Waals surface area (Å²) in [6, 6.07) is 23.0. The molecule has 20 nitrogen and oxygen atoms in total. The molecule has 4 aromatic carbocycles. The minimum atomic E-state index is -3.74. The maximum Gasteiger partial charge on any atom is 0.410 e. The van der Waals surface area contributed by atoms with E-state index in [9.17, 15) is 36.0 Å². The first-order valence-electron chi connectivity index (χ1n) is 27.9. The number of rotatable bonds is 19. The van der Waals surface area contributed by atoms with Crippen molar-refractivity contribution in [1.82, 2.24) is 18.4 Å². The minimum Gasteiger partial charge on any atom is -0.497 e. The summed E-state index contributed by atoms with van der Waals surface area (Å²) in [6.07, 6.45) is 3.43. The Morgan fingerprint density at radius 2 is 0.940 bits per heavy atom. The van der Waals surface area contributed by atoms with Gasteiger partial charge in [0.1, 0.15) is 35.1 Å². The van der Waals surface area contributed by atoms with E-state index in [1.54, 1.807) is 75.9 Å². The molecule has 0 saturated carbocycles. The van der Waals surface area contributed by atoms with Crippen molar-refractivity contribution >= 4 is 61.6 Å². The van der Waals surface area contributed by atoms with Crippen molar-refractivity contribution < 1.29 is 59.7 Å². The fraction of sp³-hybridized carbons (Fsp3) is 0.541. The molecule has 83 heavy (non-hydrogen) atoms. The number of Topliss-reactive ketones (excluding diaryl/α,β-unsaturated/α-hetero) is 1. The third-order valence-corrected chi connectivity index (χ3v) is 18.6. The van der Waals surface area contributed by atoms with Crippen LogP contribution in [-0.4, -0.2) is 171 Å². The van der Waals surface area contributed by atoms with Gasteiger partial charge in [0, 0.05) is 109 Å². The number of nitrogen functional groups attached to an aromatic ring is 1. The largest absolute Gasteiger partial charge is 0.497 e. The number of piperidine rings is 2. The van der Waals surface area contributed by atoms with Gasteiger partial charge in [-0.2, -0.15) is 4.31 Å². The number of carbonyl (C=O) groups excluding carboxylic acids is 4. The molecule has 2 saturated heterocycles. The van der Waals surface area contributed by atoms with Crippen molar-refractivity contribution in [2.24, 2.45) is 0 Å². The molecule has 2 aliphatic heterocycles. The van der Waals surface area contributed by atoms with Gasteiger partial charge in [-0.05, 0) is 183 Å². The standard InChI is InChI=1S/C31H45N3O6S.C17H27N3O2.C13H19NO5S/c1-22-19-28(39-8)20-23(2)29(22)41(37,38)32(6)16-15-27(35)21-24-9-11-26(12-10-24)34-17-13-25(14-18-34)33(7)30(36)40-31(3,4)5;1-17(2,3)22-16(21)19(4)14-9-11-20(12-10-14)15-7-5-13(18)6-8-15;1-10-7-12(18-4)8-11(2)13(10)20(16,17)14(3)5-6-19-9-15/h9-12,19-20,25H,13-18,21H2,1-8H3;5-8,14H,9-12,18H2,1-4H3;7-9H,5-6H2,1-4H3. The van der Waals surface area contributed by atoms with Crippen LogP contribution in [0.15, 0.2) is 82.6 Å². The highest BCUT2D eigenvalue weighted by molar-refractivity contribution is 7.89. The maximum absolute atomic E-state index is 13.2. The molecule has 460 valence electrons. The van der Waals surface area contributed by atoms with Crippen LogP contribution in [-0.2, 0) is 50.3 Å². The predicted molar refractivity (Wildman–Crippen MR) is 326 cm³/mol. The predicted octanol–water partition coefficient (Wildman–Crippen LogP) is 9.18. The molecule has 0 aromatic heterocycles. The fourth-order valence-corrected chi connectivity index (χ4v) is 12.9. The lowest BCUT2D eigenvalue weighted by molar-refractivity contribution is -0.128. The number of ether oxygens (including phenoxy) is 5. The van der Waals surface area contributed by atoms with Gasteiger partial charge in [0.2, 0.25) is 20.0 Å². The highest BCUT2D eigenvalue weighted by Crippen LogP contribution is 2.31. The number of hydrogen-bond acceptors (Lipinski definition) is 16. The molecule has 2 fully saturated rings. The van der Waals surface area contributed by atoms with Crippen LogP contribution >= 0.6 is 0 Å². The number of benzene rings is 4. The van der Waals surface area contributed by atoms with Crippen LogP contribution in [0.1, 0.15) is 101 Å². The van der Waals surface area contributed by atoms with E-state index in [4.69, 9.17) is 24.7 Å². The Morgan fingerprint density at radius 3 is 1.28 bits per heavy atom. The van der Waals surface area contributed by atoms with Crippen molar-refractivity contribution in [2.45, 2.75) is 141 Å². The number of ketones is 1. The number of nitrogens with two attached hydrogens (primary N) is 1. The molecule has 0 atom stereocenters. The second-order valence-electron chi connectivity index (χ2n) is 23.1. The van der Waals surface area contributed by atoms with E-state index in [2.05, 4.69) is 14.5 Å².